The number of ether oxygens (including phenoxy) is 3. The van der Waals surface area contributed by atoms with Crippen LogP contribution < -0.4 is 19.5 Å². The lowest BCUT2D eigenvalue weighted by Crippen LogP contribution is -2.34. The number of carbonyl (C=O) groups is 2. The second-order valence-corrected chi connectivity index (χ2v) is 7.65. The average molecular weight is 459 g/mol. The van der Waals surface area contributed by atoms with Gasteiger partial charge in [0.05, 0.1) is 26.9 Å². The monoisotopic (exact) mass is 458 g/mol. The van der Waals surface area contributed by atoms with Gasteiger partial charge in [-0.1, -0.05) is 60.7 Å². The van der Waals surface area contributed by atoms with Crippen LogP contribution in [-0.2, 0) is 16.0 Å². The van der Waals surface area contributed by atoms with Gasteiger partial charge in [0.25, 0.3) is 11.8 Å². The number of anilines is 1. The topological polar surface area (TPSA) is 77.1 Å². The third-order valence-corrected chi connectivity index (χ3v) is 5.63. The molecule has 3 aromatic rings. The normalized spacial score (nSPS) is 13.3. The van der Waals surface area contributed by atoms with Crippen molar-refractivity contribution in [3.63, 3.8) is 0 Å². The molecule has 0 unspecified atom stereocenters. The Hall–Kier alpha value is -4.26. The van der Waals surface area contributed by atoms with E-state index in [1.807, 2.05) is 60.7 Å². The molecular formula is C27H26N2O5. The summed E-state index contributed by atoms with van der Waals surface area (Å²) < 4.78 is 16.2. The zero-order valence-corrected chi connectivity index (χ0v) is 19.3. The molecule has 1 aliphatic rings. The van der Waals surface area contributed by atoms with Gasteiger partial charge in [-0.25, -0.2) is 0 Å². The number of amides is 2. The first-order valence-electron chi connectivity index (χ1n) is 10.8. The van der Waals surface area contributed by atoms with E-state index in [1.165, 1.54) is 26.2 Å². The summed E-state index contributed by atoms with van der Waals surface area (Å²) in [6, 6.07) is 22.3. The summed E-state index contributed by atoms with van der Waals surface area (Å²) in [5.74, 6) is 0.592. The van der Waals surface area contributed by atoms with Crippen molar-refractivity contribution in [1.82, 2.24) is 4.90 Å². The van der Waals surface area contributed by atoms with E-state index in [2.05, 4.69) is 5.32 Å². The van der Waals surface area contributed by atoms with Crippen molar-refractivity contribution in [2.45, 2.75) is 6.42 Å². The molecular weight excluding hydrogens is 432 g/mol. The Morgan fingerprint density at radius 1 is 0.765 bits per heavy atom. The average Bonchev–Trinajstić information content (AvgIpc) is 3.11. The molecule has 1 aliphatic heterocycles. The molecule has 1 N–H and O–H groups in total. The van der Waals surface area contributed by atoms with E-state index in [9.17, 15) is 9.59 Å². The van der Waals surface area contributed by atoms with Crippen LogP contribution in [0.5, 0.6) is 17.2 Å². The number of imide groups is 1. The predicted octanol–water partition coefficient (Wildman–Crippen LogP) is 4.15. The number of benzene rings is 3. The van der Waals surface area contributed by atoms with Crippen molar-refractivity contribution in [2.75, 3.05) is 33.2 Å². The molecule has 0 aliphatic carbocycles. The molecule has 174 valence electrons. The van der Waals surface area contributed by atoms with Crippen LogP contribution in [0.3, 0.4) is 0 Å². The van der Waals surface area contributed by atoms with E-state index in [0.29, 0.717) is 40.5 Å². The number of hydrogen-bond acceptors (Lipinski definition) is 6. The Morgan fingerprint density at radius 2 is 1.35 bits per heavy atom. The summed E-state index contributed by atoms with van der Waals surface area (Å²) in [5, 5.41) is 3.15. The van der Waals surface area contributed by atoms with Gasteiger partial charge < -0.3 is 19.5 Å². The summed E-state index contributed by atoms with van der Waals surface area (Å²) in [7, 11) is 4.56. The lowest BCUT2D eigenvalue weighted by molar-refractivity contribution is -0.136. The third-order valence-electron chi connectivity index (χ3n) is 5.63. The molecule has 0 spiro atoms. The molecule has 0 aromatic heterocycles. The van der Waals surface area contributed by atoms with Crippen LogP contribution in [0.4, 0.5) is 5.69 Å². The van der Waals surface area contributed by atoms with Crippen LogP contribution in [0.15, 0.2) is 78.5 Å². The van der Waals surface area contributed by atoms with Crippen molar-refractivity contribution in [3.05, 3.63) is 89.6 Å². The summed E-state index contributed by atoms with van der Waals surface area (Å²) >= 11 is 0. The van der Waals surface area contributed by atoms with Crippen molar-refractivity contribution in [1.29, 1.82) is 0 Å². The SMILES string of the molecule is COc1cc(NC2=C(c3ccccc3)C(=O)N(CCc3ccccc3)C2=O)cc(OC)c1OC. The van der Waals surface area contributed by atoms with Gasteiger partial charge in [0.2, 0.25) is 5.75 Å². The minimum absolute atomic E-state index is 0.207. The Kier molecular flexibility index (Phi) is 6.82. The fourth-order valence-corrected chi connectivity index (χ4v) is 3.95. The molecule has 7 nitrogen and oxygen atoms in total. The first-order valence-corrected chi connectivity index (χ1v) is 10.8. The second-order valence-electron chi connectivity index (χ2n) is 7.65. The van der Waals surface area contributed by atoms with E-state index < -0.39 is 0 Å². The van der Waals surface area contributed by atoms with Gasteiger partial charge in [0.1, 0.15) is 5.70 Å². The van der Waals surface area contributed by atoms with Gasteiger partial charge in [-0.3, -0.25) is 14.5 Å². The van der Waals surface area contributed by atoms with Crippen molar-refractivity contribution >= 4 is 23.1 Å². The van der Waals surface area contributed by atoms with Gasteiger partial charge in [-0.15, -0.1) is 0 Å². The molecule has 0 radical (unpaired) electrons. The minimum atomic E-state index is -0.381. The molecule has 7 heteroatoms. The number of hydrogen-bond donors (Lipinski definition) is 1. The Labute approximate surface area is 198 Å². The molecule has 4 rings (SSSR count). The molecule has 3 aromatic carbocycles. The number of carbonyl (C=O) groups excluding carboxylic acids is 2. The first-order chi connectivity index (χ1) is 16.6. The Bertz CT molecular complexity index is 1200. The number of nitrogens with zero attached hydrogens (tertiary/aromatic N) is 1. The van der Waals surface area contributed by atoms with Crippen LogP contribution in [0.2, 0.25) is 0 Å². The van der Waals surface area contributed by atoms with E-state index in [-0.39, 0.29) is 24.1 Å². The number of rotatable bonds is 9. The quantitative estimate of drug-likeness (QED) is 0.486. The van der Waals surface area contributed by atoms with Gasteiger partial charge >= 0.3 is 0 Å². The molecule has 0 saturated heterocycles. The highest BCUT2D eigenvalue weighted by molar-refractivity contribution is 6.36. The first kappa shape index (κ1) is 22.9. The van der Waals surface area contributed by atoms with E-state index in [0.717, 1.165) is 5.56 Å². The summed E-state index contributed by atoms with van der Waals surface area (Å²) in [6.45, 7) is 0.276. The number of methoxy groups -OCH3 is 3. The van der Waals surface area contributed by atoms with Crippen LogP contribution in [0, 0.1) is 0 Å². The number of nitrogens with one attached hydrogen (secondary N) is 1. The van der Waals surface area contributed by atoms with E-state index in [4.69, 9.17) is 14.2 Å². The lowest BCUT2D eigenvalue weighted by Gasteiger charge is -2.17. The third kappa shape index (κ3) is 4.45. The Balaban J connectivity index is 1.71. The molecule has 34 heavy (non-hydrogen) atoms. The standard InChI is InChI=1S/C27H26N2O5/c1-32-21-16-20(17-22(33-2)25(21)34-3)28-24-23(19-12-8-5-9-13-19)26(30)29(27(24)31)15-14-18-10-6-4-7-11-18/h4-13,16-17,28H,14-15H2,1-3H3. The van der Waals surface area contributed by atoms with Crippen LogP contribution in [0.25, 0.3) is 5.57 Å². The fraction of sp³-hybridized carbons (Fsp3) is 0.185. The van der Waals surface area contributed by atoms with E-state index in [1.54, 1.807) is 12.1 Å². The summed E-state index contributed by atoms with van der Waals surface area (Å²) in [5.41, 5.74) is 2.78. The zero-order valence-electron chi connectivity index (χ0n) is 19.3. The summed E-state index contributed by atoms with van der Waals surface area (Å²) in [6.07, 6.45) is 0.567. The van der Waals surface area contributed by atoms with E-state index >= 15 is 0 Å². The highest BCUT2D eigenvalue weighted by atomic mass is 16.5. The van der Waals surface area contributed by atoms with Gasteiger partial charge in [0, 0.05) is 24.4 Å². The smallest absolute Gasteiger partial charge is 0.278 e. The molecule has 0 bridgehead atoms. The van der Waals surface area contributed by atoms with Gasteiger partial charge in [0.15, 0.2) is 11.5 Å². The van der Waals surface area contributed by atoms with Gasteiger partial charge in [-0.05, 0) is 17.5 Å². The van der Waals surface area contributed by atoms with Crippen molar-refractivity contribution in [2.24, 2.45) is 0 Å². The maximum Gasteiger partial charge on any atom is 0.278 e. The lowest BCUT2D eigenvalue weighted by atomic mass is 10.0. The maximum absolute atomic E-state index is 13.5. The fourth-order valence-electron chi connectivity index (χ4n) is 3.95. The second kappa shape index (κ2) is 10.1. The molecule has 0 saturated carbocycles. The molecule has 2 amide bonds. The van der Waals surface area contributed by atoms with Crippen LogP contribution >= 0.6 is 0 Å². The highest BCUT2D eigenvalue weighted by Crippen LogP contribution is 2.41. The predicted molar refractivity (Wildman–Crippen MR) is 130 cm³/mol. The maximum atomic E-state index is 13.5. The molecule has 0 atom stereocenters. The largest absolute Gasteiger partial charge is 0.493 e. The van der Waals surface area contributed by atoms with Crippen LogP contribution in [-0.4, -0.2) is 44.6 Å². The Morgan fingerprint density at radius 3 is 1.91 bits per heavy atom. The zero-order chi connectivity index (χ0) is 24.1. The molecule has 0 fully saturated rings. The van der Waals surface area contributed by atoms with Crippen molar-refractivity contribution in [3.8, 4) is 17.2 Å². The molecule has 1 heterocycles. The summed E-state index contributed by atoms with van der Waals surface area (Å²) in [4.78, 5) is 28.2. The van der Waals surface area contributed by atoms with Crippen molar-refractivity contribution < 1.29 is 23.8 Å². The van der Waals surface area contributed by atoms with Crippen LogP contribution in [0.1, 0.15) is 11.1 Å². The van der Waals surface area contributed by atoms with Gasteiger partial charge in [-0.2, -0.15) is 0 Å². The highest BCUT2D eigenvalue weighted by Gasteiger charge is 2.39. The minimum Gasteiger partial charge on any atom is -0.493 e.